The molecule has 5 nitrogen and oxygen atoms in total. The van der Waals surface area contributed by atoms with Crippen LogP contribution in [0.2, 0.25) is 0 Å². The molecule has 0 unspecified atom stereocenters. The minimum absolute atomic E-state index is 0.156. The number of alkyl halides is 3. The molecule has 0 saturated carbocycles. The van der Waals surface area contributed by atoms with E-state index in [1.165, 1.54) is 4.57 Å². The summed E-state index contributed by atoms with van der Waals surface area (Å²) in [4.78, 5) is 21.8. The van der Waals surface area contributed by atoms with Crippen molar-refractivity contribution in [2.75, 3.05) is 37.8 Å². The standard InChI is InChI=1S/C27H29F5N4OS/c1-14-7-15(2)11-35(10-14)25-19-9-20(27(30,31)32)22(18-6-5-16(28)8-21(18)29)24-23(19)36(26(37)33-25)12-17(13-38-24)34(3)4/h5-6,8-9,14-15,17H,7,10-13H2,1-4H3/t14-,15+,17-/m1/s1. The third kappa shape index (κ3) is 4.79. The van der Waals surface area contributed by atoms with Crippen molar-refractivity contribution < 1.29 is 22.0 Å². The van der Waals surface area contributed by atoms with Gasteiger partial charge < -0.3 is 9.80 Å². The summed E-state index contributed by atoms with van der Waals surface area (Å²) in [5, 5.41) is 0.214. The average Bonchev–Trinajstić information content (AvgIpc) is 3.01. The first-order valence-electron chi connectivity index (χ1n) is 12.5. The van der Waals surface area contributed by atoms with Crippen LogP contribution in [0.15, 0.2) is 34.0 Å². The van der Waals surface area contributed by atoms with Gasteiger partial charge in [0.15, 0.2) is 0 Å². The maximum Gasteiger partial charge on any atom is 0.417 e. The second kappa shape index (κ2) is 9.82. The minimum atomic E-state index is -4.84. The number of piperidine rings is 1. The van der Waals surface area contributed by atoms with Crippen LogP contribution in [0.25, 0.3) is 22.0 Å². The number of thioether (sulfide) groups is 1. The van der Waals surface area contributed by atoms with Gasteiger partial charge >= 0.3 is 11.9 Å². The first-order valence-corrected chi connectivity index (χ1v) is 13.5. The highest BCUT2D eigenvalue weighted by atomic mass is 32.2. The van der Waals surface area contributed by atoms with Crippen molar-refractivity contribution >= 4 is 28.5 Å². The predicted molar refractivity (Wildman–Crippen MR) is 140 cm³/mol. The van der Waals surface area contributed by atoms with Crippen molar-refractivity contribution in [3.63, 3.8) is 0 Å². The summed E-state index contributed by atoms with van der Waals surface area (Å²) < 4.78 is 74.3. The summed E-state index contributed by atoms with van der Waals surface area (Å²) in [5.74, 6) is -0.842. The normalized spacial score (nSPS) is 22.3. The van der Waals surface area contributed by atoms with Gasteiger partial charge in [-0.15, -0.1) is 11.8 Å². The summed E-state index contributed by atoms with van der Waals surface area (Å²) >= 11 is 1.16. The zero-order valence-corrected chi connectivity index (χ0v) is 22.4. The SMILES string of the molecule is C[C@@H]1C[C@H](C)CN(c2nc(=O)n3c4c(c(-c5ccc(F)cc5F)c(C(F)(F)F)cc24)SC[C@H](N(C)C)C3)C1. The van der Waals surface area contributed by atoms with Gasteiger partial charge in [-0.2, -0.15) is 18.2 Å². The monoisotopic (exact) mass is 552 g/mol. The molecule has 11 heteroatoms. The van der Waals surface area contributed by atoms with Crippen molar-refractivity contribution in [2.45, 2.75) is 43.9 Å². The van der Waals surface area contributed by atoms with E-state index in [1.807, 2.05) is 23.9 Å². The molecule has 38 heavy (non-hydrogen) atoms. The van der Waals surface area contributed by atoms with E-state index in [0.29, 0.717) is 30.4 Å². The zero-order chi connectivity index (χ0) is 27.5. The third-order valence-corrected chi connectivity index (χ3v) is 8.65. The number of benzene rings is 2. The smallest absolute Gasteiger partial charge is 0.355 e. The summed E-state index contributed by atoms with van der Waals surface area (Å²) in [5.41, 5.74) is -2.01. The Bertz CT molecular complexity index is 1440. The Hall–Kier alpha value is -2.66. The number of likely N-dealkylation sites (N-methyl/N-ethyl adjacent to an activating group) is 1. The lowest BCUT2D eigenvalue weighted by Gasteiger charge is -2.36. The fourth-order valence-electron chi connectivity index (χ4n) is 5.72. The first kappa shape index (κ1) is 26.9. The molecule has 1 aromatic heterocycles. The van der Waals surface area contributed by atoms with E-state index in [2.05, 4.69) is 18.8 Å². The third-order valence-electron chi connectivity index (χ3n) is 7.42. The van der Waals surface area contributed by atoms with Crippen molar-refractivity contribution in [3.05, 3.63) is 51.9 Å². The molecule has 0 aliphatic carbocycles. The van der Waals surface area contributed by atoms with Gasteiger partial charge in [-0.1, -0.05) is 13.8 Å². The van der Waals surface area contributed by atoms with Gasteiger partial charge in [0.2, 0.25) is 0 Å². The number of halogens is 5. The number of anilines is 1. The minimum Gasteiger partial charge on any atom is -0.355 e. The highest BCUT2D eigenvalue weighted by Gasteiger charge is 2.39. The van der Waals surface area contributed by atoms with Crippen LogP contribution in [0, 0.1) is 23.5 Å². The fraction of sp³-hybridized carbons (Fsp3) is 0.481. The molecule has 2 aliphatic heterocycles. The largest absolute Gasteiger partial charge is 0.417 e. The van der Waals surface area contributed by atoms with Gasteiger partial charge in [-0.05, 0) is 50.6 Å². The summed E-state index contributed by atoms with van der Waals surface area (Å²) in [7, 11) is 3.67. The Balaban J connectivity index is 1.91. The van der Waals surface area contributed by atoms with E-state index in [9.17, 15) is 22.4 Å². The summed E-state index contributed by atoms with van der Waals surface area (Å²) in [6, 6.07) is 3.37. The van der Waals surface area contributed by atoms with E-state index in [0.717, 1.165) is 36.4 Å². The lowest BCUT2D eigenvalue weighted by Crippen LogP contribution is -2.42. The van der Waals surface area contributed by atoms with Gasteiger partial charge in [-0.25, -0.2) is 13.6 Å². The van der Waals surface area contributed by atoms with E-state index >= 15 is 4.39 Å². The zero-order valence-electron chi connectivity index (χ0n) is 21.6. The Morgan fingerprint density at radius 1 is 1.05 bits per heavy atom. The number of rotatable bonds is 3. The average molecular weight is 553 g/mol. The predicted octanol–water partition coefficient (Wildman–Crippen LogP) is 5.88. The molecule has 204 valence electrons. The van der Waals surface area contributed by atoms with Crippen LogP contribution in [0.1, 0.15) is 25.8 Å². The molecule has 0 radical (unpaired) electrons. The van der Waals surface area contributed by atoms with Crippen molar-refractivity contribution in [1.29, 1.82) is 0 Å². The molecule has 0 amide bonds. The lowest BCUT2D eigenvalue weighted by molar-refractivity contribution is -0.137. The molecule has 1 saturated heterocycles. The van der Waals surface area contributed by atoms with Crippen LogP contribution >= 0.6 is 11.8 Å². The molecular formula is C27H29F5N4OS. The molecule has 3 aromatic rings. The molecule has 0 spiro atoms. The van der Waals surface area contributed by atoms with Gasteiger partial charge in [0.25, 0.3) is 0 Å². The van der Waals surface area contributed by atoms with E-state index in [4.69, 9.17) is 0 Å². The Kier molecular flexibility index (Phi) is 6.96. The second-order valence-electron chi connectivity index (χ2n) is 10.8. The summed E-state index contributed by atoms with van der Waals surface area (Å²) in [6.45, 7) is 5.49. The lowest BCUT2D eigenvalue weighted by atomic mass is 9.91. The molecule has 3 atom stereocenters. The topological polar surface area (TPSA) is 41.4 Å². The van der Waals surface area contributed by atoms with Crippen molar-refractivity contribution in [2.24, 2.45) is 11.8 Å². The highest BCUT2D eigenvalue weighted by molar-refractivity contribution is 7.99. The molecule has 5 rings (SSSR count). The summed E-state index contributed by atoms with van der Waals surface area (Å²) in [6.07, 6.45) is -3.87. The van der Waals surface area contributed by atoms with Crippen molar-refractivity contribution in [1.82, 2.24) is 14.5 Å². The fourth-order valence-corrected chi connectivity index (χ4v) is 7.20. The van der Waals surface area contributed by atoms with E-state index in [-0.39, 0.29) is 51.6 Å². The van der Waals surface area contributed by atoms with Crippen LogP contribution in [-0.2, 0) is 12.7 Å². The Morgan fingerprint density at radius 3 is 2.34 bits per heavy atom. The van der Waals surface area contributed by atoms with Crippen molar-refractivity contribution in [3.8, 4) is 11.1 Å². The van der Waals surface area contributed by atoms with Crippen LogP contribution < -0.4 is 10.6 Å². The molecule has 2 aliphatic rings. The highest BCUT2D eigenvalue weighted by Crippen LogP contribution is 2.49. The molecule has 3 heterocycles. The van der Waals surface area contributed by atoms with E-state index < -0.39 is 29.1 Å². The molecular weight excluding hydrogens is 523 g/mol. The molecule has 1 fully saturated rings. The van der Waals surface area contributed by atoms with Gasteiger partial charge in [0, 0.05) is 58.9 Å². The maximum absolute atomic E-state index is 15.1. The Labute approximate surface area is 221 Å². The molecule has 0 N–H and O–H groups in total. The Morgan fingerprint density at radius 2 is 1.74 bits per heavy atom. The number of nitrogens with zero attached hydrogens (tertiary/aromatic N) is 4. The van der Waals surface area contributed by atoms with Crippen LogP contribution in [0.4, 0.5) is 27.8 Å². The number of aromatic nitrogens is 2. The maximum atomic E-state index is 15.1. The van der Waals surface area contributed by atoms with Gasteiger partial charge in [-0.3, -0.25) is 4.57 Å². The van der Waals surface area contributed by atoms with Crippen LogP contribution in [-0.4, -0.2) is 53.4 Å². The second-order valence-corrected chi connectivity index (χ2v) is 11.8. The van der Waals surface area contributed by atoms with Gasteiger partial charge in [0.05, 0.1) is 11.1 Å². The van der Waals surface area contributed by atoms with Crippen LogP contribution in [0.5, 0.6) is 0 Å². The first-order chi connectivity index (χ1) is 17.8. The quantitative estimate of drug-likeness (QED) is 0.380. The van der Waals surface area contributed by atoms with Crippen LogP contribution in [0.3, 0.4) is 0 Å². The van der Waals surface area contributed by atoms with Gasteiger partial charge in [0.1, 0.15) is 17.5 Å². The molecule has 2 aromatic carbocycles. The molecule has 0 bridgehead atoms. The van der Waals surface area contributed by atoms with E-state index in [1.54, 1.807) is 0 Å². The number of hydrogen-bond donors (Lipinski definition) is 0. The number of hydrogen-bond acceptors (Lipinski definition) is 5.